The molecule has 0 saturated carbocycles. The van der Waals surface area contributed by atoms with E-state index in [0.29, 0.717) is 11.3 Å². The molecule has 2 N–H and O–H groups in total. The van der Waals surface area contributed by atoms with Crippen LogP contribution in [0, 0.1) is 17.0 Å². The number of amides is 1. The normalized spacial score (nSPS) is 10.2. The first kappa shape index (κ1) is 16.2. The second-order valence-corrected chi connectivity index (χ2v) is 4.84. The summed E-state index contributed by atoms with van der Waals surface area (Å²) in [5, 5.41) is 13.5. The molecule has 1 amide bonds. The molecule has 1 aromatic heterocycles. The van der Waals surface area contributed by atoms with Crippen LogP contribution in [0.15, 0.2) is 30.3 Å². The first-order valence-electron chi connectivity index (χ1n) is 6.72. The van der Waals surface area contributed by atoms with Crippen LogP contribution < -0.4 is 5.32 Å². The summed E-state index contributed by atoms with van der Waals surface area (Å²) in [7, 11) is 1.23. The van der Waals surface area contributed by atoms with E-state index < -0.39 is 16.8 Å². The van der Waals surface area contributed by atoms with Crippen molar-refractivity contribution in [1.29, 1.82) is 0 Å². The quantitative estimate of drug-likeness (QED) is 0.498. The summed E-state index contributed by atoms with van der Waals surface area (Å²) in [6.45, 7) is 1.73. The minimum Gasteiger partial charge on any atom is -0.464 e. The number of ether oxygens (including phenoxy) is 1. The predicted molar refractivity (Wildman–Crippen MR) is 82.3 cm³/mol. The number of para-hydroxylation sites is 1. The number of anilines is 1. The van der Waals surface area contributed by atoms with Crippen molar-refractivity contribution in [3.63, 3.8) is 0 Å². The van der Waals surface area contributed by atoms with Crippen LogP contribution in [0.3, 0.4) is 0 Å². The Labute approximate surface area is 131 Å². The molecule has 23 heavy (non-hydrogen) atoms. The number of nitro groups is 1. The van der Waals surface area contributed by atoms with Crippen LogP contribution in [0.25, 0.3) is 0 Å². The summed E-state index contributed by atoms with van der Waals surface area (Å²) in [6.07, 6.45) is -0.179. The smallest absolute Gasteiger partial charge is 0.356 e. The Hall–Kier alpha value is -3.16. The van der Waals surface area contributed by atoms with Crippen LogP contribution in [-0.2, 0) is 16.0 Å². The monoisotopic (exact) mass is 317 g/mol. The van der Waals surface area contributed by atoms with Gasteiger partial charge >= 0.3 is 5.97 Å². The lowest BCUT2D eigenvalue weighted by Crippen LogP contribution is -2.17. The van der Waals surface area contributed by atoms with Gasteiger partial charge in [-0.05, 0) is 13.0 Å². The number of esters is 1. The van der Waals surface area contributed by atoms with E-state index in [1.165, 1.54) is 25.3 Å². The maximum atomic E-state index is 12.1. The van der Waals surface area contributed by atoms with Gasteiger partial charge in [0.25, 0.3) is 5.69 Å². The van der Waals surface area contributed by atoms with Crippen LogP contribution in [-0.4, -0.2) is 28.9 Å². The number of hydrogen-bond acceptors (Lipinski definition) is 5. The summed E-state index contributed by atoms with van der Waals surface area (Å²) in [5.41, 5.74) is 1.24. The van der Waals surface area contributed by atoms with Crippen molar-refractivity contribution in [3.8, 4) is 0 Å². The fourth-order valence-electron chi connectivity index (χ4n) is 2.16. The van der Waals surface area contributed by atoms with E-state index in [1.807, 2.05) is 0 Å². The lowest BCUT2D eigenvalue weighted by atomic mass is 10.1. The van der Waals surface area contributed by atoms with Crippen LogP contribution in [0.2, 0.25) is 0 Å². The van der Waals surface area contributed by atoms with Crippen molar-refractivity contribution in [2.75, 3.05) is 12.4 Å². The van der Waals surface area contributed by atoms with Crippen molar-refractivity contribution < 1.29 is 19.2 Å². The number of nitrogens with one attached hydrogen (secondary N) is 2. The number of nitro benzene ring substituents is 1. The van der Waals surface area contributed by atoms with Crippen LogP contribution in [0.5, 0.6) is 0 Å². The molecule has 1 aromatic carbocycles. The summed E-state index contributed by atoms with van der Waals surface area (Å²) < 4.78 is 4.63. The van der Waals surface area contributed by atoms with E-state index in [1.54, 1.807) is 19.1 Å². The van der Waals surface area contributed by atoms with Gasteiger partial charge < -0.3 is 15.0 Å². The fourth-order valence-corrected chi connectivity index (χ4v) is 2.16. The van der Waals surface area contributed by atoms with Gasteiger partial charge in [-0.25, -0.2) is 4.79 Å². The molecule has 8 heteroatoms. The van der Waals surface area contributed by atoms with Crippen molar-refractivity contribution in [3.05, 3.63) is 57.4 Å². The molecule has 2 rings (SSSR count). The lowest BCUT2D eigenvalue weighted by Gasteiger charge is -2.06. The van der Waals surface area contributed by atoms with Gasteiger partial charge in [-0.15, -0.1) is 0 Å². The Balaban J connectivity index is 2.18. The average molecular weight is 317 g/mol. The van der Waals surface area contributed by atoms with E-state index in [0.717, 1.165) is 0 Å². The molecule has 0 aliphatic carbocycles. The SMILES string of the molecule is COC(=O)c1[nH]c(C)cc1NC(=O)Cc1ccccc1[N+](=O)[O-]. The number of aryl methyl sites for hydroxylation is 1. The first-order valence-corrected chi connectivity index (χ1v) is 6.72. The molecule has 0 unspecified atom stereocenters. The van der Waals surface area contributed by atoms with Crippen molar-refractivity contribution in [2.24, 2.45) is 0 Å². The van der Waals surface area contributed by atoms with E-state index in [-0.39, 0.29) is 23.5 Å². The third-order valence-corrected chi connectivity index (χ3v) is 3.16. The van der Waals surface area contributed by atoms with Crippen LogP contribution >= 0.6 is 0 Å². The lowest BCUT2D eigenvalue weighted by molar-refractivity contribution is -0.385. The summed E-state index contributed by atoms with van der Waals surface area (Å²) in [5.74, 6) is -1.08. The van der Waals surface area contributed by atoms with Gasteiger partial charge in [0.1, 0.15) is 5.69 Å². The first-order chi connectivity index (χ1) is 10.9. The Morgan fingerprint density at radius 3 is 2.70 bits per heavy atom. The van der Waals surface area contributed by atoms with Crippen molar-refractivity contribution >= 4 is 23.3 Å². The molecule has 1 heterocycles. The van der Waals surface area contributed by atoms with Gasteiger partial charge in [0, 0.05) is 17.3 Å². The number of rotatable bonds is 5. The number of carbonyl (C=O) groups is 2. The number of methoxy groups -OCH3 is 1. The highest BCUT2D eigenvalue weighted by Gasteiger charge is 2.19. The molecule has 0 bridgehead atoms. The summed E-state index contributed by atoms with van der Waals surface area (Å²) >= 11 is 0. The Morgan fingerprint density at radius 2 is 2.04 bits per heavy atom. The molecule has 0 atom stereocenters. The minimum absolute atomic E-state index is 0.124. The molecule has 2 aromatic rings. The molecule has 0 radical (unpaired) electrons. The Bertz CT molecular complexity index is 766. The summed E-state index contributed by atoms with van der Waals surface area (Å²) in [4.78, 5) is 37.0. The fraction of sp³-hybridized carbons (Fsp3) is 0.200. The number of H-pyrrole nitrogens is 1. The van der Waals surface area contributed by atoms with Crippen molar-refractivity contribution in [1.82, 2.24) is 4.98 Å². The largest absolute Gasteiger partial charge is 0.464 e. The Morgan fingerprint density at radius 1 is 1.35 bits per heavy atom. The number of carbonyl (C=O) groups excluding carboxylic acids is 2. The van der Waals surface area contributed by atoms with Gasteiger partial charge in [-0.3, -0.25) is 14.9 Å². The van der Waals surface area contributed by atoms with Gasteiger partial charge in [0.2, 0.25) is 5.91 Å². The number of hydrogen-bond donors (Lipinski definition) is 2. The van der Waals surface area contributed by atoms with Gasteiger partial charge in [0.15, 0.2) is 0 Å². The van der Waals surface area contributed by atoms with Crippen LogP contribution in [0.4, 0.5) is 11.4 Å². The summed E-state index contributed by atoms with van der Waals surface area (Å²) in [6, 6.07) is 7.59. The number of benzene rings is 1. The highest BCUT2D eigenvalue weighted by molar-refractivity contribution is 6.01. The third-order valence-electron chi connectivity index (χ3n) is 3.16. The zero-order valence-electron chi connectivity index (χ0n) is 12.6. The Kier molecular flexibility index (Phi) is 4.75. The molecular weight excluding hydrogens is 302 g/mol. The van der Waals surface area contributed by atoms with E-state index >= 15 is 0 Å². The second kappa shape index (κ2) is 6.73. The molecule has 0 spiro atoms. The average Bonchev–Trinajstić information content (AvgIpc) is 2.87. The topological polar surface area (TPSA) is 114 Å². The van der Waals surface area contributed by atoms with E-state index in [9.17, 15) is 19.7 Å². The van der Waals surface area contributed by atoms with Crippen LogP contribution in [0.1, 0.15) is 21.7 Å². The number of aromatic nitrogens is 1. The molecule has 0 aliphatic heterocycles. The van der Waals surface area contributed by atoms with Gasteiger partial charge in [-0.1, -0.05) is 18.2 Å². The maximum absolute atomic E-state index is 12.1. The molecular formula is C15H15N3O5. The predicted octanol–water partition coefficient (Wildman–Crippen LogP) is 2.20. The molecule has 0 aliphatic rings. The zero-order chi connectivity index (χ0) is 17.0. The number of aromatic amines is 1. The van der Waals surface area contributed by atoms with Gasteiger partial charge in [0.05, 0.1) is 24.1 Å². The van der Waals surface area contributed by atoms with Crippen molar-refractivity contribution in [2.45, 2.75) is 13.3 Å². The second-order valence-electron chi connectivity index (χ2n) is 4.84. The molecule has 120 valence electrons. The van der Waals surface area contributed by atoms with E-state index in [2.05, 4.69) is 15.0 Å². The highest BCUT2D eigenvalue weighted by Crippen LogP contribution is 2.21. The standard InChI is InChI=1S/C15H15N3O5/c1-9-7-11(14(16-9)15(20)23-2)17-13(19)8-10-5-3-4-6-12(10)18(21)22/h3-7,16H,8H2,1-2H3,(H,17,19). The van der Waals surface area contributed by atoms with E-state index in [4.69, 9.17) is 0 Å². The molecule has 0 fully saturated rings. The number of nitrogens with zero attached hydrogens (tertiary/aromatic N) is 1. The highest BCUT2D eigenvalue weighted by atomic mass is 16.6. The molecule has 8 nitrogen and oxygen atoms in total. The zero-order valence-corrected chi connectivity index (χ0v) is 12.6. The minimum atomic E-state index is -0.612. The van der Waals surface area contributed by atoms with Gasteiger partial charge in [-0.2, -0.15) is 0 Å². The molecule has 0 saturated heterocycles. The third kappa shape index (κ3) is 3.73. The maximum Gasteiger partial charge on any atom is 0.356 e.